The Morgan fingerprint density at radius 2 is 1.89 bits per heavy atom. The van der Waals surface area contributed by atoms with Gasteiger partial charge in [0.1, 0.15) is 11.6 Å². The number of benzene rings is 2. The maximum atomic E-state index is 13.5. The van der Waals surface area contributed by atoms with Crippen molar-refractivity contribution in [3.63, 3.8) is 0 Å². The molecule has 2 nitrogen and oxygen atoms in total. The fraction of sp³-hybridized carbons (Fsp3) is 0.200. The van der Waals surface area contributed by atoms with E-state index in [4.69, 9.17) is 4.74 Å². The Morgan fingerprint density at radius 3 is 2.53 bits per heavy atom. The molecule has 0 fully saturated rings. The van der Waals surface area contributed by atoms with Gasteiger partial charge in [0.05, 0.1) is 13.2 Å². The van der Waals surface area contributed by atoms with Crippen LogP contribution in [0.25, 0.3) is 0 Å². The molecule has 0 aromatic heterocycles. The Bertz CT molecular complexity index is 574. The molecule has 1 unspecified atom stereocenters. The Labute approximate surface area is 126 Å². The largest absolute Gasteiger partial charge is 0.496 e. The maximum Gasteiger partial charge on any atom is 0.124 e. The number of halogens is 2. The highest BCUT2D eigenvalue weighted by molar-refractivity contribution is 14.1. The Morgan fingerprint density at radius 1 is 1.16 bits per heavy atom. The van der Waals surface area contributed by atoms with Crippen LogP contribution < -0.4 is 10.1 Å². The summed E-state index contributed by atoms with van der Waals surface area (Å²) in [5.41, 5.74) is 1.91. The molecule has 0 radical (unpaired) electrons. The lowest BCUT2D eigenvalue weighted by Gasteiger charge is -2.21. The molecule has 0 heterocycles. The topological polar surface area (TPSA) is 21.3 Å². The van der Waals surface area contributed by atoms with Gasteiger partial charge in [0, 0.05) is 9.13 Å². The van der Waals surface area contributed by atoms with Crippen molar-refractivity contribution in [2.75, 3.05) is 14.2 Å². The quantitative estimate of drug-likeness (QED) is 0.827. The second-order valence-electron chi connectivity index (χ2n) is 4.13. The van der Waals surface area contributed by atoms with Crippen LogP contribution in [0.1, 0.15) is 17.2 Å². The lowest BCUT2D eigenvalue weighted by atomic mass is 9.98. The van der Waals surface area contributed by atoms with E-state index < -0.39 is 0 Å². The van der Waals surface area contributed by atoms with Gasteiger partial charge in [-0.05, 0) is 59.5 Å². The summed E-state index contributed by atoms with van der Waals surface area (Å²) in [5, 5.41) is 3.23. The molecule has 1 N–H and O–H groups in total. The van der Waals surface area contributed by atoms with Crippen LogP contribution in [0.4, 0.5) is 4.39 Å². The first-order chi connectivity index (χ1) is 9.17. The smallest absolute Gasteiger partial charge is 0.124 e. The third kappa shape index (κ3) is 3.06. The SMILES string of the molecule is CNC(c1ccccc1I)c1cc(F)ccc1OC. The fourth-order valence-electron chi connectivity index (χ4n) is 2.12. The van der Waals surface area contributed by atoms with Gasteiger partial charge in [0.25, 0.3) is 0 Å². The molecule has 100 valence electrons. The zero-order valence-electron chi connectivity index (χ0n) is 10.8. The normalized spacial score (nSPS) is 12.2. The lowest BCUT2D eigenvalue weighted by Crippen LogP contribution is -2.19. The molecule has 0 aliphatic rings. The molecular formula is C15H15FINO. The summed E-state index contributed by atoms with van der Waals surface area (Å²) in [6.45, 7) is 0. The summed E-state index contributed by atoms with van der Waals surface area (Å²) < 4.78 is 20.0. The van der Waals surface area contributed by atoms with Gasteiger partial charge in [-0.2, -0.15) is 0 Å². The fourth-order valence-corrected chi connectivity index (χ4v) is 2.82. The van der Waals surface area contributed by atoms with Crippen molar-refractivity contribution in [2.24, 2.45) is 0 Å². The van der Waals surface area contributed by atoms with Gasteiger partial charge in [0.15, 0.2) is 0 Å². The zero-order valence-corrected chi connectivity index (χ0v) is 12.9. The number of hydrogen-bond donors (Lipinski definition) is 1. The summed E-state index contributed by atoms with van der Waals surface area (Å²) in [5.74, 6) is 0.419. The van der Waals surface area contributed by atoms with E-state index in [1.54, 1.807) is 13.2 Å². The van der Waals surface area contributed by atoms with E-state index in [9.17, 15) is 4.39 Å². The number of rotatable bonds is 4. The first kappa shape index (κ1) is 14.3. The summed E-state index contributed by atoms with van der Waals surface area (Å²) in [6, 6.07) is 12.5. The second kappa shape index (κ2) is 6.34. The van der Waals surface area contributed by atoms with E-state index >= 15 is 0 Å². The standard InChI is InChI=1S/C15H15FINO/c1-18-15(11-5-3-4-6-13(11)17)12-9-10(16)7-8-14(12)19-2/h3-9,15,18H,1-2H3. The monoisotopic (exact) mass is 371 g/mol. The number of methoxy groups -OCH3 is 1. The molecule has 2 aromatic rings. The van der Waals surface area contributed by atoms with Gasteiger partial charge in [-0.3, -0.25) is 0 Å². The Hall–Kier alpha value is -1.14. The summed E-state index contributed by atoms with van der Waals surface area (Å²) in [7, 11) is 3.46. The van der Waals surface area contributed by atoms with Crippen molar-refractivity contribution in [2.45, 2.75) is 6.04 Å². The number of ether oxygens (including phenoxy) is 1. The van der Waals surface area contributed by atoms with E-state index in [2.05, 4.69) is 27.9 Å². The number of nitrogens with one attached hydrogen (secondary N) is 1. The van der Waals surface area contributed by atoms with Crippen molar-refractivity contribution >= 4 is 22.6 Å². The van der Waals surface area contributed by atoms with Crippen molar-refractivity contribution in [1.29, 1.82) is 0 Å². The van der Waals surface area contributed by atoms with E-state index in [1.165, 1.54) is 12.1 Å². The maximum absolute atomic E-state index is 13.5. The van der Waals surface area contributed by atoms with Gasteiger partial charge in [0.2, 0.25) is 0 Å². The van der Waals surface area contributed by atoms with E-state index in [0.29, 0.717) is 5.75 Å². The minimum absolute atomic E-state index is 0.0984. The van der Waals surface area contributed by atoms with Crippen LogP contribution in [0, 0.1) is 9.39 Å². The highest BCUT2D eigenvalue weighted by Gasteiger charge is 2.19. The predicted octanol–water partition coefficient (Wildman–Crippen LogP) is 3.75. The first-order valence-electron chi connectivity index (χ1n) is 5.92. The van der Waals surface area contributed by atoms with Crippen molar-refractivity contribution in [3.05, 3.63) is 63.0 Å². The van der Waals surface area contributed by atoms with Gasteiger partial charge in [-0.1, -0.05) is 18.2 Å². The number of hydrogen-bond acceptors (Lipinski definition) is 2. The molecule has 0 amide bonds. The molecule has 1 atom stereocenters. The van der Waals surface area contributed by atoms with Crippen LogP contribution in [0.5, 0.6) is 5.75 Å². The van der Waals surface area contributed by atoms with Crippen LogP contribution in [0.2, 0.25) is 0 Å². The van der Waals surface area contributed by atoms with E-state index in [1.807, 2.05) is 31.3 Å². The highest BCUT2D eigenvalue weighted by atomic mass is 127. The minimum atomic E-state index is -0.262. The van der Waals surface area contributed by atoms with Crippen LogP contribution in [-0.2, 0) is 0 Å². The van der Waals surface area contributed by atoms with Crippen LogP contribution in [-0.4, -0.2) is 14.2 Å². The summed E-state index contributed by atoms with van der Waals surface area (Å²) in [6.07, 6.45) is 0. The van der Waals surface area contributed by atoms with Gasteiger partial charge < -0.3 is 10.1 Å². The van der Waals surface area contributed by atoms with Crippen molar-refractivity contribution in [1.82, 2.24) is 5.32 Å². The van der Waals surface area contributed by atoms with Crippen molar-refractivity contribution < 1.29 is 9.13 Å². The van der Waals surface area contributed by atoms with E-state index in [0.717, 1.165) is 14.7 Å². The first-order valence-corrected chi connectivity index (χ1v) is 7.00. The molecule has 4 heteroatoms. The Balaban J connectivity index is 2.54. The van der Waals surface area contributed by atoms with Crippen LogP contribution in [0.15, 0.2) is 42.5 Å². The van der Waals surface area contributed by atoms with E-state index in [-0.39, 0.29) is 11.9 Å². The molecule has 0 bridgehead atoms. The molecule has 0 spiro atoms. The molecule has 2 rings (SSSR count). The molecule has 0 saturated carbocycles. The highest BCUT2D eigenvalue weighted by Crippen LogP contribution is 2.32. The molecule has 0 aliphatic carbocycles. The third-order valence-electron chi connectivity index (χ3n) is 3.01. The summed E-state index contributed by atoms with van der Waals surface area (Å²) >= 11 is 2.28. The minimum Gasteiger partial charge on any atom is -0.496 e. The Kier molecular flexibility index (Phi) is 4.76. The zero-order chi connectivity index (χ0) is 13.8. The molecular weight excluding hydrogens is 356 g/mol. The van der Waals surface area contributed by atoms with Gasteiger partial charge in [-0.15, -0.1) is 0 Å². The van der Waals surface area contributed by atoms with Gasteiger partial charge >= 0.3 is 0 Å². The average Bonchev–Trinajstić information content (AvgIpc) is 2.42. The molecule has 0 aliphatic heterocycles. The molecule has 2 aromatic carbocycles. The third-order valence-corrected chi connectivity index (χ3v) is 3.99. The second-order valence-corrected chi connectivity index (χ2v) is 5.29. The summed E-state index contributed by atoms with van der Waals surface area (Å²) in [4.78, 5) is 0. The van der Waals surface area contributed by atoms with Crippen LogP contribution in [0.3, 0.4) is 0 Å². The molecule has 19 heavy (non-hydrogen) atoms. The van der Waals surface area contributed by atoms with Crippen molar-refractivity contribution in [3.8, 4) is 5.75 Å². The van der Waals surface area contributed by atoms with Crippen LogP contribution >= 0.6 is 22.6 Å². The molecule has 0 saturated heterocycles. The predicted molar refractivity (Wildman–Crippen MR) is 83.0 cm³/mol. The average molecular weight is 371 g/mol. The lowest BCUT2D eigenvalue weighted by molar-refractivity contribution is 0.404. The van der Waals surface area contributed by atoms with Gasteiger partial charge in [-0.25, -0.2) is 4.39 Å².